The Morgan fingerprint density at radius 3 is 2.20 bits per heavy atom. The highest BCUT2D eigenvalue weighted by molar-refractivity contribution is 6.07. The predicted octanol–water partition coefficient (Wildman–Crippen LogP) is 6.58. The molecule has 1 N–H and O–H groups in total. The molecule has 3 nitrogen and oxygen atoms in total. The Hall–Kier alpha value is -3.07. The fourth-order valence-electron chi connectivity index (χ4n) is 4.25. The van der Waals surface area contributed by atoms with Crippen LogP contribution in [0.2, 0.25) is 0 Å². The Morgan fingerprint density at radius 2 is 1.53 bits per heavy atom. The van der Waals surface area contributed by atoms with Gasteiger partial charge in [0, 0.05) is 23.0 Å². The van der Waals surface area contributed by atoms with E-state index in [1.165, 1.54) is 11.1 Å². The molecule has 1 aliphatic heterocycles. The molecule has 3 heteroatoms. The summed E-state index contributed by atoms with van der Waals surface area (Å²) in [7, 11) is 0. The molecule has 2 atom stereocenters. The first-order chi connectivity index (χ1) is 14.3. The van der Waals surface area contributed by atoms with Crippen molar-refractivity contribution in [2.75, 3.05) is 10.2 Å². The number of benzene rings is 3. The van der Waals surface area contributed by atoms with Crippen LogP contribution in [0.3, 0.4) is 0 Å². The van der Waals surface area contributed by atoms with E-state index in [1.54, 1.807) is 0 Å². The van der Waals surface area contributed by atoms with Crippen molar-refractivity contribution in [3.63, 3.8) is 0 Å². The summed E-state index contributed by atoms with van der Waals surface area (Å²) in [5.41, 5.74) is 5.30. The Kier molecular flexibility index (Phi) is 5.38. The van der Waals surface area contributed by atoms with E-state index in [2.05, 4.69) is 75.5 Å². The second-order valence-electron chi connectivity index (χ2n) is 9.21. The Balaban J connectivity index is 1.65. The number of fused-ring (bicyclic) bond motifs is 1. The maximum Gasteiger partial charge on any atom is 0.258 e. The molecule has 4 rings (SSSR count). The van der Waals surface area contributed by atoms with Crippen LogP contribution in [0.15, 0.2) is 78.9 Å². The van der Waals surface area contributed by atoms with Crippen molar-refractivity contribution in [2.24, 2.45) is 0 Å². The highest BCUT2D eigenvalue weighted by Gasteiger charge is 2.34. The molecular weight excluding hydrogens is 368 g/mol. The van der Waals surface area contributed by atoms with Crippen LogP contribution < -0.4 is 10.2 Å². The van der Waals surface area contributed by atoms with Gasteiger partial charge in [-0.25, -0.2) is 0 Å². The van der Waals surface area contributed by atoms with Crippen molar-refractivity contribution in [3.8, 4) is 0 Å². The van der Waals surface area contributed by atoms with Gasteiger partial charge in [0.25, 0.3) is 5.91 Å². The van der Waals surface area contributed by atoms with Gasteiger partial charge in [-0.3, -0.25) is 4.79 Å². The molecule has 0 fully saturated rings. The van der Waals surface area contributed by atoms with Gasteiger partial charge in [-0.1, -0.05) is 69.3 Å². The van der Waals surface area contributed by atoms with Crippen LogP contribution >= 0.6 is 0 Å². The zero-order chi connectivity index (χ0) is 21.3. The third kappa shape index (κ3) is 3.97. The van der Waals surface area contributed by atoms with Crippen LogP contribution in [0.4, 0.5) is 11.4 Å². The predicted molar refractivity (Wildman–Crippen MR) is 125 cm³/mol. The van der Waals surface area contributed by atoms with Gasteiger partial charge in [0.1, 0.15) is 0 Å². The van der Waals surface area contributed by atoms with Gasteiger partial charge in [0.15, 0.2) is 0 Å². The average molecular weight is 399 g/mol. The number of carbonyl (C=O) groups is 1. The lowest BCUT2D eigenvalue weighted by Gasteiger charge is -2.40. The molecule has 0 aromatic heterocycles. The summed E-state index contributed by atoms with van der Waals surface area (Å²) in [5, 5.41) is 3.65. The second kappa shape index (κ2) is 7.98. The van der Waals surface area contributed by atoms with Crippen molar-refractivity contribution in [1.82, 2.24) is 0 Å². The molecular formula is C27H30N2O. The molecule has 0 saturated carbocycles. The molecule has 0 radical (unpaired) electrons. The third-order valence-electron chi connectivity index (χ3n) is 5.92. The molecule has 3 aromatic rings. The van der Waals surface area contributed by atoms with Crippen LogP contribution in [0.25, 0.3) is 0 Å². The Morgan fingerprint density at radius 1 is 0.900 bits per heavy atom. The number of nitrogens with zero attached hydrogens (tertiary/aromatic N) is 1. The summed E-state index contributed by atoms with van der Waals surface area (Å²) in [4.78, 5) is 15.5. The lowest BCUT2D eigenvalue weighted by atomic mass is 9.86. The highest BCUT2D eigenvalue weighted by atomic mass is 16.2. The van der Waals surface area contributed by atoms with Gasteiger partial charge in [-0.05, 0) is 60.2 Å². The van der Waals surface area contributed by atoms with Crippen molar-refractivity contribution in [2.45, 2.75) is 51.6 Å². The number of hydrogen-bond acceptors (Lipinski definition) is 2. The van der Waals surface area contributed by atoms with E-state index in [9.17, 15) is 4.79 Å². The van der Waals surface area contributed by atoms with Gasteiger partial charge >= 0.3 is 0 Å². The molecule has 3 aromatic carbocycles. The minimum Gasteiger partial charge on any atom is -0.378 e. The summed E-state index contributed by atoms with van der Waals surface area (Å²) < 4.78 is 0. The molecule has 0 aliphatic carbocycles. The fourth-order valence-corrected chi connectivity index (χ4v) is 4.25. The zero-order valence-electron chi connectivity index (χ0n) is 18.2. The lowest BCUT2D eigenvalue weighted by molar-refractivity contribution is 0.0974. The van der Waals surface area contributed by atoms with E-state index < -0.39 is 0 Å². The molecule has 1 amide bonds. The summed E-state index contributed by atoms with van der Waals surface area (Å²) in [6.07, 6.45) is 0.859. The van der Waals surface area contributed by atoms with Crippen molar-refractivity contribution in [3.05, 3.63) is 95.6 Å². The summed E-state index contributed by atoms with van der Waals surface area (Å²) in [6.45, 7) is 8.70. The molecule has 1 aliphatic rings. The van der Waals surface area contributed by atoms with Gasteiger partial charge in [-0.15, -0.1) is 0 Å². The van der Waals surface area contributed by atoms with Crippen molar-refractivity contribution < 1.29 is 4.79 Å². The highest BCUT2D eigenvalue weighted by Crippen LogP contribution is 2.39. The summed E-state index contributed by atoms with van der Waals surface area (Å²) in [5.74, 6) is 0.0635. The van der Waals surface area contributed by atoms with E-state index in [4.69, 9.17) is 0 Å². The maximum absolute atomic E-state index is 13.5. The number of amides is 1. The number of nitrogens with one attached hydrogen (secondary N) is 1. The second-order valence-corrected chi connectivity index (χ2v) is 9.21. The van der Waals surface area contributed by atoms with E-state index >= 15 is 0 Å². The van der Waals surface area contributed by atoms with Crippen molar-refractivity contribution >= 4 is 17.3 Å². The molecule has 0 unspecified atom stereocenters. The van der Waals surface area contributed by atoms with Gasteiger partial charge in [0.05, 0.1) is 6.04 Å². The minimum absolute atomic E-state index is 0.0635. The minimum atomic E-state index is 0.0635. The summed E-state index contributed by atoms with van der Waals surface area (Å²) in [6, 6.07) is 26.9. The maximum atomic E-state index is 13.5. The Labute approximate surface area is 179 Å². The normalized spacial score (nSPS) is 18.6. The first kappa shape index (κ1) is 20.2. The van der Waals surface area contributed by atoms with Crippen LogP contribution in [0.5, 0.6) is 0 Å². The SMILES string of the molecule is C[C@H]1C[C@@H](Nc2ccccc2)c2ccccc2N1C(=O)c1ccc(C(C)(C)C)cc1. The number of anilines is 2. The van der Waals surface area contributed by atoms with E-state index in [0.29, 0.717) is 0 Å². The zero-order valence-corrected chi connectivity index (χ0v) is 18.2. The fraction of sp³-hybridized carbons (Fsp3) is 0.296. The van der Waals surface area contributed by atoms with E-state index in [-0.39, 0.29) is 23.4 Å². The van der Waals surface area contributed by atoms with Gasteiger partial charge < -0.3 is 10.2 Å². The number of carbonyl (C=O) groups excluding carboxylic acids is 1. The monoisotopic (exact) mass is 398 g/mol. The van der Waals surface area contributed by atoms with E-state index in [0.717, 1.165) is 23.4 Å². The van der Waals surface area contributed by atoms with Crippen LogP contribution in [-0.4, -0.2) is 11.9 Å². The Bertz CT molecular complexity index is 1020. The van der Waals surface area contributed by atoms with Crippen LogP contribution in [0, 0.1) is 0 Å². The largest absolute Gasteiger partial charge is 0.378 e. The van der Waals surface area contributed by atoms with Gasteiger partial charge in [0.2, 0.25) is 0 Å². The lowest BCUT2D eigenvalue weighted by Crippen LogP contribution is -2.44. The molecule has 1 heterocycles. The molecule has 154 valence electrons. The average Bonchev–Trinajstić information content (AvgIpc) is 2.74. The van der Waals surface area contributed by atoms with Crippen molar-refractivity contribution in [1.29, 1.82) is 0 Å². The number of para-hydroxylation sites is 2. The van der Waals surface area contributed by atoms with Crippen LogP contribution in [0.1, 0.15) is 61.6 Å². The first-order valence-corrected chi connectivity index (χ1v) is 10.7. The number of rotatable bonds is 3. The smallest absolute Gasteiger partial charge is 0.258 e. The van der Waals surface area contributed by atoms with Crippen LogP contribution in [-0.2, 0) is 5.41 Å². The molecule has 0 spiro atoms. The quantitative estimate of drug-likeness (QED) is 0.541. The molecule has 0 bridgehead atoms. The first-order valence-electron chi connectivity index (χ1n) is 10.7. The summed E-state index contributed by atoms with van der Waals surface area (Å²) >= 11 is 0. The van der Waals surface area contributed by atoms with E-state index in [1.807, 2.05) is 41.3 Å². The topological polar surface area (TPSA) is 32.3 Å². The molecule has 0 saturated heterocycles. The standard InChI is InChI=1S/C27H30N2O/c1-19-18-24(28-22-10-6-5-7-11-22)23-12-8-9-13-25(23)29(19)26(30)20-14-16-21(17-15-20)27(2,3)4/h5-17,19,24,28H,18H2,1-4H3/t19-,24+/m0/s1. The van der Waals surface area contributed by atoms with Gasteiger partial charge in [-0.2, -0.15) is 0 Å². The number of hydrogen-bond donors (Lipinski definition) is 1. The molecule has 30 heavy (non-hydrogen) atoms. The third-order valence-corrected chi connectivity index (χ3v) is 5.92.